The summed E-state index contributed by atoms with van der Waals surface area (Å²) in [5.41, 5.74) is 1.10. The van der Waals surface area contributed by atoms with E-state index in [1.807, 2.05) is 41.1 Å². The minimum Gasteiger partial charge on any atom is -0.295 e. The van der Waals surface area contributed by atoms with Crippen molar-refractivity contribution in [2.24, 2.45) is 0 Å². The van der Waals surface area contributed by atoms with E-state index in [1.165, 1.54) is 0 Å². The Morgan fingerprint density at radius 1 is 1.31 bits per heavy atom. The summed E-state index contributed by atoms with van der Waals surface area (Å²) >= 11 is 1.60. The lowest BCUT2D eigenvalue weighted by atomic mass is 10.3. The highest BCUT2D eigenvalue weighted by atomic mass is 32.2. The van der Waals surface area contributed by atoms with Crippen molar-refractivity contribution in [1.29, 1.82) is 5.26 Å². The number of rotatable bonds is 4. The Morgan fingerprint density at radius 2 is 2.12 bits per heavy atom. The molecule has 0 saturated heterocycles. The minimum absolute atomic E-state index is 0.548. The van der Waals surface area contributed by atoms with Crippen molar-refractivity contribution in [1.82, 2.24) is 9.55 Å². The molecule has 0 atom stereocenters. The van der Waals surface area contributed by atoms with Gasteiger partial charge in [0.1, 0.15) is 0 Å². The van der Waals surface area contributed by atoms with E-state index in [2.05, 4.69) is 11.1 Å². The number of para-hydroxylation sites is 1. The molecule has 0 radical (unpaired) electrons. The van der Waals surface area contributed by atoms with Crippen LogP contribution in [0.1, 0.15) is 6.42 Å². The number of hydrogen-bond acceptors (Lipinski definition) is 3. The molecule has 1 aromatic carbocycles. The molecule has 3 nitrogen and oxygen atoms in total. The molecule has 2 aromatic rings. The van der Waals surface area contributed by atoms with Crippen LogP contribution in [-0.4, -0.2) is 15.3 Å². The summed E-state index contributed by atoms with van der Waals surface area (Å²) in [6, 6.07) is 12.2. The van der Waals surface area contributed by atoms with E-state index in [0.717, 1.165) is 16.6 Å². The van der Waals surface area contributed by atoms with Crippen molar-refractivity contribution < 1.29 is 0 Å². The second-order valence-corrected chi connectivity index (χ2v) is 4.23. The number of hydrogen-bond donors (Lipinski definition) is 0. The van der Waals surface area contributed by atoms with Gasteiger partial charge in [-0.25, -0.2) is 4.98 Å². The van der Waals surface area contributed by atoms with Gasteiger partial charge in [-0.05, 0) is 12.1 Å². The van der Waals surface area contributed by atoms with Crippen LogP contribution < -0.4 is 0 Å². The number of nitriles is 1. The molecule has 0 amide bonds. The third-order valence-electron chi connectivity index (χ3n) is 2.09. The van der Waals surface area contributed by atoms with Gasteiger partial charge in [0, 0.05) is 30.3 Å². The van der Waals surface area contributed by atoms with Gasteiger partial charge in [0.2, 0.25) is 0 Å². The third-order valence-corrected chi connectivity index (χ3v) is 3.05. The van der Waals surface area contributed by atoms with Crippen molar-refractivity contribution in [3.05, 3.63) is 42.7 Å². The van der Waals surface area contributed by atoms with Crippen LogP contribution in [-0.2, 0) is 0 Å². The normalized spacial score (nSPS) is 9.94. The number of benzene rings is 1. The summed E-state index contributed by atoms with van der Waals surface area (Å²) in [7, 11) is 0. The van der Waals surface area contributed by atoms with E-state index in [0.29, 0.717) is 6.42 Å². The molecule has 1 heterocycles. The summed E-state index contributed by atoms with van der Waals surface area (Å²) < 4.78 is 2.03. The topological polar surface area (TPSA) is 41.6 Å². The fourth-order valence-corrected chi connectivity index (χ4v) is 2.19. The van der Waals surface area contributed by atoms with Crippen LogP contribution in [0.5, 0.6) is 0 Å². The number of nitrogens with zero attached hydrogens (tertiary/aromatic N) is 3. The molecule has 0 fully saturated rings. The van der Waals surface area contributed by atoms with Crippen molar-refractivity contribution in [3.8, 4) is 11.8 Å². The van der Waals surface area contributed by atoms with Gasteiger partial charge in [0.05, 0.1) is 6.07 Å². The second kappa shape index (κ2) is 5.38. The van der Waals surface area contributed by atoms with Gasteiger partial charge in [-0.1, -0.05) is 30.0 Å². The molecule has 0 aliphatic rings. The van der Waals surface area contributed by atoms with Gasteiger partial charge in [0.15, 0.2) is 5.16 Å². The predicted octanol–water partition coefficient (Wildman–Crippen LogP) is 2.88. The lowest BCUT2D eigenvalue weighted by Gasteiger charge is -2.05. The molecular weight excluding hydrogens is 218 g/mol. The molecule has 0 bridgehead atoms. The van der Waals surface area contributed by atoms with Crippen molar-refractivity contribution in [2.45, 2.75) is 11.6 Å². The maximum Gasteiger partial charge on any atom is 0.172 e. The minimum atomic E-state index is 0.548. The van der Waals surface area contributed by atoms with Gasteiger partial charge in [-0.3, -0.25) is 4.57 Å². The first-order chi connectivity index (χ1) is 7.92. The number of imidazole rings is 1. The van der Waals surface area contributed by atoms with E-state index >= 15 is 0 Å². The summed E-state index contributed by atoms with van der Waals surface area (Å²) in [6.07, 6.45) is 4.26. The van der Waals surface area contributed by atoms with Crippen LogP contribution in [0.3, 0.4) is 0 Å². The first-order valence-electron chi connectivity index (χ1n) is 5.00. The molecule has 0 saturated carbocycles. The van der Waals surface area contributed by atoms with E-state index in [1.54, 1.807) is 18.0 Å². The van der Waals surface area contributed by atoms with Gasteiger partial charge in [0.25, 0.3) is 0 Å². The molecule has 80 valence electrons. The van der Waals surface area contributed by atoms with E-state index < -0.39 is 0 Å². The lowest BCUT2D eigenvalue weighted by molar-refractivity contribution is 0.895. The molecular formula is C12H11N3S. The predicted molar refractivity (Wildman–Crippen MR) is 64.5 cm³/mol. The van der Waals surface area contributed by atoms with Gasteiger partial charge in [-0.2, -0.15) is 5.26 Å². The third kappa shape index (κ3) is 2.44. The first-order valence-corrected chi connectivity index (χ1v) is 5.99. The smallest absolute Gasteiger partial charge is 0.172 e. The molecule has 4 heteroatoms. The van der Waals surface area contributed by atoms with Crippen LogP contribution in [0, 0.1) is 11.3 Å². The van der Waals surface area contributed by atoms with E-state index in [9.17, 15) is 0 Å². The fourth-order valence-electron chi connectivity index (χ4n) is 1.37. The maximum atomic E-state index is 8.49. The molecule has 0 unspecified atom stereocenters. The highest BCUT2D eigenvalue weighted by Crippen LogP contribution is 2.20. The van der Waals surface area contributed by atoms with E-state index in [4.69, 9.17) is 5.26 Å². The zero-order valence-electron chi connectivity index (χ0n) is 8.71. The summed E-state index contributed by atoms with van der Waals surface area (Å²) in [5.74, 6) is 0.778. The number of thioether (sulfide) groups is 1. The standard InChI is InChI=1S/C12H11N3S/c13-7-4-10-16-12-14-8-9-15(12)11-5-2-1-3-6-11/h1-3,5-6,8-9H,4,10H2. The summed E-state index contributed by atoms with van der Waals surface area (Å²) in [5, 5.41) is 9.42. The van der Waals surface area contributed by atoms with Crippen molar-refractivity contribution >= 4 is 11.8 Å². The molecule has 0 spiro atoms. The molecule has 16 heavy (non-hydrogen) atoms. The van der Waals surface area contributed by atoms with Gasteiger partial charge >= 0.3 is 0 Å². The Balaban J connectivity index is 2.17. The molecule has 0 aliphatic carbocycles. The molecule has 0 aliphatic heterocycles. The van der Waals surface area contributed by atoms with Gasteiger partial charge < -0.3 is 0 Å². The van der Waals surface area contributed by atoms with Crippen LogP contribution >= 0.6 is 11.8 Å². The quantitative estimate of drug-likeness (QED) is 0.598. The van der Waals surface area contributed by atoms with Crippen LogP contribution in [0.4, 0.5) is 0 Å². The average molecular weight is 229 g/mol. The van der Waals surface area contributed by atoms with Crippen LogP contribution in [0.2, 0.25) is 0 Å². The molecule has 1 aromatic heterocycles. The zero-order valence-corrected chi connectivity index (χ0v) is 9.52. The molecule has 0 N–H and O–H groups in total. The average Bonchev–Trinajstić information content (AvgIpc) is 2.79. The van der Waals surface area contributed by atoms with Gasteiger partial charge in [-0.15, -0.1) is 0 Å². The van der Waals surface area contributed by atoms with Crippen LogP contribution in [0.15, 0.2) is 47.9 Å². The zero-order chi connectivity index (χ0) is 11.2. The Hall–Kier alpha value is -1.73. The Kier molecular flexibility index (Phi) is 3.62. The molecule has 2 rings (SSSR count). The fraction of sp³-hybridized carbons (Fsp3) is 0.167. The Bertz CT molecular complexity index is 484. The van der Waals surface area contributed by atoms with Crippen molar-refractivity contribution in [2.75, 3.05) is 5.75 Å². The monoisotopic (exact) mass is 229 g/mol. The highest BCUT2D eigenvalue weighted by Gasteiger charge is 2.04. The SMILES string of the molecule is N#CCCSc1nccn1-c1ccccc1. The summed E-state index contributed by atoms with van der Waals surface area (Å²) in [4.78, 5) is 4.28. The van der Waals surface area contributed by atoms with E-state index in [-0.39, 0.29) is 0 Å². The Morgan fingerprint density at radius 3 is 2.88 bits per heavy atom. The maximum absolute atomic E-state index is 8.49. The summed E-state index contributed by atoms with van der Waals surface area (Å²) in [6.45, 7) is 0. The second-order valence-electron chi connectivity index (χ2n) is 3.17. The highest BCUT2D eigenvalue weighted by molar-refractivity contribution is 7.99. The number of aromatic nitrogens is 2. The Labute approximate surface area is 98.7 Å². The largest absolute Gasteiger partial charge is 0.295 e. The lowest BCUT2D eigenvalue weighted by Crippen LogP contribution is -1.94. The van der Waals surface area contributed by atoms with Crippen molar-refractivity contribution in [3.63, 3.8) is 0 Å². The first kappa shape index (κ1) is 10.8. The van der Waals surface area contributed by atoms with Crippen LogP contribution in [0.25, 0.3) is 5.69 Å².